The van der Waals surface area contributed by atoms with Crippen LogP contribution in [0.4, 0.5) is 0 Å². The quantitative estimate of drug-likeness (QED) is 0.824. The van der Waals surface area contributed by atoms with Crippen LogP contribution in [0.5, 0.6) is 0 Å². The van der Waals surface area contributed by atoms with E-state index in [9.17, 15) is 0 Å². The molecule has 0 aliphatic heterocycles. The van der Waals surface area contributed by atoms with Crippen molar-refractivity contribution in [2.75, 3.05) is 0 Å². The molecule has 2 heteroatoms. The molecule has 84 valence electrons. The maximum Gasteiger partial charge on any atom is 0.0573 e. The molecule has 1 aromatic heterocycles. The van der Waals surface area contributed by atoms with Crippen molar-refractivity contribution >= 4 is 0 Å². The third-order valence-corrected chi connectivity index (χ3v) is 2.52. The summed E-state index contributed by atoms with van der Waals surface area (Å²) in [6, 6.07) is 4.15. The Hall–Kier alpha value is -0.890. The lowest BCUT2D eigenvalue weighted by molar-refractivity contribution is 0.348. The Morgan fingerprint density at radius 3 is 2.60 bits per heavy atom. The topological polar surface area (TPSA) is 38.9 Å². The van der Waals surface area contributed by atoms with Gasteiger partial charge in [-0.3, -0.25) is 4.98 Å². The van der Waals surface area contributed by atoms with Gasteiger partial charge in [0.25, 0.3) is 0 Å². The fraction of sp³-hybridized carbons (Fsp3) is 0.615. The lowest BCUT2D eigenvalue weighted by atomic mass is 9.88. The minimum atomic E-state index is 0.0733. The van der Waals surface area contributed by atoms with E-state index in [0.29, 0.717) is 5.41 Å². The van der Waals surface area contributed by atoms with Gasteiger partial charge in [0.15, 0.2) is 0 Å². The molecular formula is C13H22N2. The summed E-state index contributed by atoms with van der Waals surface area (Å²) >= 11 is 0. The highest BCUT2D eigenvalue weighted by atomic mass is 14.8. The van der Waals surface area contributed by atoms with E-state index in [0.717, 1.165) is 18.5 Å². The Bertz CT molecular complexity index is 313. The van der Waals surface area contributed by atoms with Crippen LogP contribution in [0.1, 0.15) is 50.9 Å². The molecule has 2 nitrogen and oxygen atoms in total. The molecule has 0 saturated carbocycles. The van der Waals surface area contributed by atoms with Gasteiger partial charge in [-0.05, 0) is 42.9 Å². The van der Waals surface area contributed by atoms with Crippen LogP contribution in [0, 0.1) is 12.3 Å². The Labute approximate surface area is 92.9 Å². The maximum absolute atomic E-state index is 6.11. The summed E-state index contributed by atoms with van der Waals surface area (Å²) in [5.41, 5.74) is 8.70. The number of nitrogens with zero attached hydrogens (tertiary/aromatic N) is 1. The predicted molar refractivity (Wildman–Crippen MR) is 64.6 cm³/mol. The van der Waals surface area contributed by atoms with E-state index in [1.807, 2.05) is 12.3 Å². The lowest BCUT2D eigenvalue weighted by Crippen LogP contribution is -2.15. The SMILES string of the molecule is Cc1ccnc(C(N)CCC(C)(C)C)c1. The molecule has 0 radical (unpaired) electrons. The molecule has 2 N–H and O–H groups in total. The largest absolute Gasteiger partial charge is 0.323 e. The van der Waals surface area contributed by atoms with Crippen LogP contribution in [0.25, 0.3) is 0 Å². The van der Waals surface area contributed by atoms with Gasteiger partial charge in [0, 0.05) is 12.2 Å². The van der Waals surface area contributed by atoms with Gasteiger partial charge in [-0.1, -0.05) is 20.8 Å². The van der Waals surface area contributed by atoms with Crippen LogP contribution in [0.15, 0.2) is 18.3 Å². The molecule has 1 unspecified atom stereocenters. The van der Waals surface area contributed by atoms with Crippen LogP contribution in [-0.4, -0.2) is 4.98 Å². The van der Waals surface area contributed by atoms with Crippen LogP contribution in [0.2, 0.25) is 0 Å². The van der Waals surface area contributed by atoms with Gasteiger partial charge < -0.3 is 5.73 Å². The zero-order valence-electron chi connectivity index (χ0n) is 10.2. The summed E-state index contributed by atoms with van der Waals surface area (Å²) in [5.74, 6) is 0. The molecule has 1 rings (SSSR count). The fourth-order valence-electron chi connectivity index (χ4n) is 1.50. The van der Waals surface area contributed by atoms with Crippen molar-refractivity contribution in [1.82, 2.24) is 4.98 Å². The van der Waals surface area contributed by atoms with Gasteiger partial charge >= 0.3 is 0 Å². The molecular weight excluding hydrogens is 184 g/mol. The number of hydrogen-bond donors (Lipinski definition) is 1. The highest BCUT2D eigenvalue weighted by Crippen LogP contribution is 2.25. The van der Waals surface area contributed by atoms with Crippen LogP contribution >= 0.6 is 0 Å². The first kappa shape index (κ1) is 12.2. The summed E-state index contributed by atoms with van der Waals surface area (Å²) in [5, 5.41) is 0. The lowest BCUT2D eigenvalue weighted by Gasteiger charge is -2.20. The second-order valence-corrected chi connectivity index (χ2v) is 5.46. The second-order valence-electron chi connectivity index (χ2n) is 5.46. The van der Waals surface area contributed by atoms with Crippen molar-refractivity contribution in [2.45, 2.75) is 46.6 Å². The van der Waals surface area contributed by atoms with Crippen LogP contribution < -0.4 is 5.73 Å². The van der Waals surface area contributed by atoms with Gasteiger partial charge in [0.05, 0.1) is 5.69 Å². The molecule has 1 heterocycles. The Kier molecular flexibility index (Phi) is 3.86. The van der Waals surface area contributed by atoms with E-state index in [1.54, 1.807) is 0 Å². The predicted octanol–water partition coefficient (Wildman–Crippen LogP) is 3.22. The summed E-state index contributed by atoms with van der Waals surface area (Å²) < 4.78 is 0. The Balaban J connectivity index is 2.58. The molecule has 1 atom stereocenters. The first-order valence-corrected chi connectivity index (χ1v) is 5.56. The Morgan fingerprint density at radius 2 is 2.07 bits per heavy atom. The van der Waals surface area contributed by atoms with Gasteiger partial charge in [-0.25, -0.2) is 0 Å². The van der Waals surface area contributed by atoms with Crippen molar-refractivity contribution in [3.05, 3.63) is 29.6 Å². The van der Waals surface area contributed by atoms with Gasteiger partial charge in [0.2, 0.25) is 0 Å². The van der Waals surface area contributed by atoms with E-state index < -0.39 is 0 Å². The number of rotatable bonds is 3. The summed E-state index contributed by atoms with van der Waals surface area (Å²) in [7, 11) is 0. The third-order valence-electron chi connectivity index (χ3n) is 2.52. The van der Waals surface area contributed by atoms with Crippen LogP contribution in [0.3, 0.4) is 0 Å². The smallest absolute Gasteiger partial charge is 0.0573 e. The zero-order valence-corrected chi connectivity index (χ0v) is 10.2. The second kappa shape index (κ2) is 4.75. The van der Waals surface area contributed by atoms with Crippen molar-refractivity contribution in [1.29, 1.82) is 0 Å². The molecule has 1 aromatic rings. The number of nitrogens with two attached hydrogens (primary N) is 1. The van der Waals surface area contributed by atoms with Crippen molar-refractivity contribution < 1.29 is 0 Å². The number of hydrogen-bond acceptors (Lipinski definition) is 2. The molecule has 0 saturated heterocycles. The molecule has 0 aromatic carbocycles. The average Bonchev–Trinajstić information content (AvgIpc) is 2.13. The van der Waals surface area contributed by atoms with Crippen molar-refractivity contribution in [3.63, 3.8) is 0 Å². The first-order valence-electron chi connectivity index (χ1n) is 5.56. The van der Waals surface area contributed by atoms with E-state index in [-0.39, 0.29) is 6.04 Å². The normalized spacial score (nSPS) is 13.9. The summed E-state index contributed by atoms with van der Waals surface area (Å²) in [4.78, 5) is 4.32. The number of aromatic nitrogens is 1. The molecule has 0 bridgehead atoms. The minimum absolute atomic E-state index is 0.0733. The Morgan fingerprint density at radius 1 is 1.40 bits per heavy atom. The number of aryl methyl sites for hydroxylation is 1. The van der Waals surface area contributed by atoms with Crippen LogP contribution in [-0.2, 0) is 0 Å². The molecule has 0 fully saturated rings. The van der Waals surface area contributed by atoms with E-state index >= 15 is 0 Å². The molecule has 0 amide bonds. The van der Waals surface area contributed by atoms with Gasteiger partial charge in [0.1, 0.15) is 0 Å². The highest BCUT2D eigenvalue weighted by Gasteiger charge is 2.14. The van der Waals surface area contributed by atoms with E-state index in [4.69, 9.17) is 5.73 Å². The maximum atomic E-state index is 6.11. The molecule has 0 spiro atoms. The van der Waals surface area contributed by atoms with Gasteiger partial charge in [-0.15, -0.1) is 0 Å². The van der Waals surface area contributed by atoms with Crippen molar-refractivity contribution in [3.8, 4) is 0 Å². The van der Waals surface area contributed by atoms with Gasteiger partial charge in [-0.2, -0.15) is 0 Å². The number of pyridine rings is 1. The monoisotopic (exact) mass is 206 g/mol. The van der Waals surface area contributed by atoms with E-state index in [2.05, 4.69) is 38.7 Å². The van der Waals surface area contributed by atoms with E-state index in [1.165, 1.54) is 5.56 Å². The standard InChI is InChI=1S/C13H22N2/c1-10-6-8-15-12(9-10)11(14)5-7-13(2,3)4/h6,8-9,11H,5,7,14H2,1-4H3. The molecule has 0 aliphatic rings. The summed E-state index contributed by atoms with van der Waals surface area (Å²) in [6.45, 7) is 8.79. The first-order chi connectivity index (χ1) is 6.88. The molecule has 0 aliphatic carbocycles. The summed E-state index contributed by atoms with van der Waals surface area (Å²) in [6.07, 6.45) is 3.96. The highest BCUT2D eigenvalue weighted by molar-refractivity contribution is 5.16. The average molecular weight is 206 g/mol. The molecule has 15 heavy (non-hydrogen) atoms. The third kappa shape index (κ3) is 4.43. The zero-order chi connectivity index (χ0) is 11.5. The van der Waals surface area contributed by atoms with Crippen molar-refractivity contribution in [2.24, 2.45) is 11.1 Å². The minimum Gasteiger partial charge on any atom is -0.323 e. The fourth-order valence-corrected chi connectivity index (χ4v) is 1.50.